The maximum atomic E-state index is 12.3. The van der Waals surface area contributed by atoms with Gasteiger partial charge in [0.05, 0.1) is 12.7 Å². The van der Waals surface area contributed by atoms with Crippen LogP contribution < -0.4 is 15.5 Å². The summed E-state index contributed by atoms with van der Waals surface area (Å²) < 4.78 is 5.47. The van der Waals surface area contributed by atoms with Crippen molar-refractivity contribution >= 4 is 35.6 Å². The summed E-state index contributed by atoms with van der Waals surface area (Å²) in [5.41, 5.74) is 1.39. The fourth-order valence-corrected chi connectivity index (χ4v) is 2.22. The number of morpholine rings is 1. The van der Waals surface area contributed by atoms with Crippen molar-refractivity contribution in [2.75, 3.05) is 30.4 Å². The van der Waals surface area contributed by atoms with Crippen LogP contribution >= 0.6 is 12.4 Å². The lowest BCUT2D eigenvalue weighted by Gasteiger charge is -2.29. The third kappa shape index (κ3) is 4.43. The van der Waals surface area contributed by atoms with Crippen LogP contribution in [0.3, 0.4) is 0 Å². The van der Waals surface area contributed by atoms with Crippen molar-refractivity contribution in [2.45, 2.75) is 26.0 Å². The highest BCUT2D eigenvalue weighted by molar-refractivity contribution is 5.97. The molecule has 2 rings (SSSR count). The van der Waals surface area contributed by atoms with Crippen LogP contribution in [0.1, 0.15) is 13.8 Å². The monoisotopic (exact) mass is 327 g/mol. The Morgan fingerprint density at radius 3 is 2.77 bits per heavy atom. The molecule has 0 spiro atoms. The summed E-state index contributed by atoms with van der Waals surface area (Å²) in [6, 6.07) is 6.82. The van der Waals surface area contributed by atoms with E-state index < -0.39 is 0 Å². The molecule has 2 N–H and O–H groups in total. The molecule has 1 aliphatic rings. The Morgan fingerprint density at radius 2 is 2.14 bits per heavy atom. The first-order valence-electron chi connectivity index (χ1n) is 6.99. The summed E-state index contributed by atoms with van der Waals surface area (Å²) in [5.74, 6) is -0.195. The van der Waals surface area contributed by atoms with Crippen molar-refractivity contribution in [1.82, 2.24) is 5.32 Å². The van der Waals surface area contributed by atoms with Gasteiger partial charge >= 0.3 is 0 Å². The second-order valence-corrected chi connectivity index (χ2v) is 5.13. The first-order chi connectivity index (χ1) is 9.99. The molecule has 2 atom stereocenters. The highest BCUT2D eigenvalue weighted by Gasteiger charge is 2.28. The SMILES string of the molecule is CC(=O)N(C)c1cccc(NC(=O)[C@H]2NCCO[C@@H]2C)c1.Cl. The van der Waals surface area contributed by atoms with Crippen LogP contribution in [0.5, 0.6) is 0 Å². The summed E-state index contributed by atoms with van der Waals surface area (Å²) in [6.07, 6.45) is -0.165. The average Bonchev–Trinajstić information content (AvgIpc) is 2.47. The number of rotatable bonds is 3. The minimum Gasteiger partial charge on any atom is -0.375 e. The molecule has 7 heteroatoms. The van der Waals surface area contributed by atoms with Crippen LogP contribution in [0.15, 0.2) is 24.3 Å². The summed E-state index contributed by atoms with van der Waals surface area (Å²) in [6.45, 7) is 4.64. The zero-order valence-electron chi connectivity index (χ0n) is 13.0. The third-order valence-corrected chi connectivity index (χ3v) is 3.57. The van der Waals surface area contributed by atoms with E-state index in [-0.39, 0.29) is 36.4 Å². The molecular weight excluding hydrogens is 306 g/mol. The summed E-state index contributed by atoms with van der Waals surface area (Å²) in [4.78, 5) is 25.2. The average molecular weight is 328 g/mol. The fraction of sp³-hybridized carbons (Fsp3) is 0.467. The molecule has 0 aromatic heterocycles. The number of amides is 2. The Balaban J connectivity index is 0.00000242. The van der Waals surface area contributed by atoms with E-state index in [1.54, 1.807) is 25.2 Å². The number of benzene rings is 1. The van der Waals surface area contributed by atoms with Gasteiger partial charge in [0.25, 0.3) is 0 Å². The standard InChI is InChI=1S/C15H21N3O3.ClH/c1-10-14(16-7-8-21-10)15(20)17-12-5-4-6-13(9-12)18(3)11(2)19;/h4-6,9-10,14,16H,7-8H2,1-3H3,(H,17,20);1H/t10-,14+;/m1./s1. The number of carbonyl (C=O) groups is 2. The second kappa shape index (κ2) is 8.12. The van der Waals surface area contributed by atoms with Gasteiger partial charge in [-0.3, -0.25) is 9.59 Å². The minimum absolute atomic E-state index is 0. The molecule has 0 radical (unpaired) electrons. The van der Waals surface area contributed by atoms with E-state index in [1.165, 1.54) is 11.8 Å². The van der Waals surface area contributed by atoms with E-state index in [9.17, 15) is 9.59 Å². The van der Waals surface area contributed by atoms with Gasteiger partial charge in [-0.1, -0.05) is 6.07 Å². The molecule has 1 heterocycles. The number of carbonyl (C=O) groups excluding carboxylic acids is 2. The van der Waals surface area contributed by atoms with E-state index in [4.69, 9.17) is 4.74 Å². The van der Waals surface area contributed by atoms with Gasteiger partial charge in [-0.15, -0.1) is 12.4 Å². The number of hydrogen-bond donors (Lipinski definition) is 2. The van der Waals surface area contributed by atoms with Gasteiger partial charge in [0.2, 0.25) is 11.8 Å². The Labute approximate surface area is 136 Å². The van der Waals surface area contributed by atoms with Crippen LogP contribution in [0, 0.1) is 0 Å². The number of halogens is 1. The maximum Gasteiger partial charge on any atom is 0.244 e. The second-order valence-electron chi connectivity index (χ2n) is 5.13. The number of ether oxygens (including phenoxy) is 1. The topological polar surface area (TPSA) is 70.7 Å². The quantitative estimate of drug-likeness (QED) is 0.880. The smallest absolute Gasteiger partial charge is 0.244 e. The van der Waals surface area contributed by atoms with Gasteiger partial charge in [0.15, 0.2) is 0 Å². The molecule has 6 nitrogen and oxygen atoms in total. The zero-order valence-corrected chi connectivity index (χ0v) is 13.8. The lowest BCUT2D eigenvalue weighted by Crippen LogP contribution is -2.53. The maximum absolute atomic E-state index is 12.3. The third-order valence-electron chi connectivity index (χ3n) is 3.57. The number of anilines is 2. The lowest BCUT2D eigenvalue weighted by molar-refractivity contribution is -0.123. The largest absolute Gasteiger partial charge is 0.375 e. The minimum atomic E-state index is -0.368. The van der Waals surface area contributed by atoms with Gasteiger partial charge in [-0.05, 0) is 25.1 Å². The van der Waals surface area contributed by atoms with Crippen LogP contribution in [0.2, 0.25) is 0 Å². The fourth-order valence-electron chi connectivity index (χ4n) is 2.22. The Hall–Kier alpha value is -1.63. The molecule has 0 aliphatic carbocycles. The highest BCUT2D eigenvalue weighted by Crippen LogP contribution is 2.19. The van der Waals surface area contributed by atoms with E-state index in [2.05, 4.69) is 10.6 Å². The molecule has 1 aromatic rings. The molecule has 122 valence electrons. The summed E-state index contributed by atoms with van der Waals surface area (Å²) in [7, 11) is 1.70. The van der Waals surface area contributed by atoms with Crippen molar-refractivity contribution in [1.29, 1.82) is 0 Å². The first kappa shape index (κ1) is 18.4. The van der Waals surface area contributed by atoms with Gasteiger partial charge in [-0.2, -0.15) is 0 Å². The normalized spacial score (nSPS) is 20.7. The van der Waals surface area contributed by atoms with Crippen molar-refractivity contribution in [3.8, 4) is 0 Å². The van der Waals surface area contributed by atoms with Crippen LogP contribution in [0.4, 0.5) is 11.4 Å². The van der Waals surface area contributed by atoms with E-state index in [0.29, 0.717) is 18.8 Å². The van der Waals surface area contributed by atoms with Crippen molar-refractivity contribution in [2.24, 2.45) is 0 Å². The van der Waals surface area contributed by atoms with E-state index >= 15 is 0 Å². The Kier molecular flexibility index (Phi) is 6.80. The van der Waals surface area contributed by atoms with Crippen LogP contribution in [-0.4, -0.2) is 44.2 Å². The molecule has 0 saturated carbocycles. The molecule has 1 saturated heterocycles. The van der Waals surface area contributed by atoms with Gasteiger partial charge in [0, 0.05) is 31.9 Å². The Morgan fingerprint density at radius 1 is 1.41 bits per heavy atom. The predicted octanol–water partition coefficient (Wildman–Crippen LogP) is 1.41. The summed E-state index contributed by atoms with van der Waals surface area (Å²) in [5, 5.41) is 6.00. The molecule has 0 unspecified atom stereocenters. The Bertz CT molecular complexity index is 539. The lowest BCUT2D eigenvalue weighted by atomic mass is 10.1. The number of nitrogens with one attached hydrogen (secondary N) is 2. The number of nitrogens with zero attached hydrogens (tertiary/aromatic N) is 1. The van der Waals surface area contributed by atoms with Gasteiger partial charge < -0.3 is 20.3 Å². The van der Waals surface area contributed by atoms with Crippen molar-refractivity contribution in [3.63, 3.8) is 0 Å². The highest BCUT2D eigenvalue weighted by atomic mass is 35.5. The van der Waals surface area contributed by atoms with Crippen molar-refractivity contribution in [3.05, 3.63) is 24.3 Å². The molecule has 1 aliphatic heterocycles. The van der Waals surface area contributed by atoms with Gasteiger partial charge in [-0.25, -0.2) is 0 Å². The first-order valence-corrected chi connectivity index (χ1v) is 6.99. The molecule has 1 fully saturated rings. The van der Waals surface area contributed by atoms with Gasteiger partial charge in [0.1, 0.15) is 6.04 Å². The van der Waals surface area contributed by atoms with E-state index in [1.807, 2.05) is 13.0 Å². The van der Waals surface area contributed by atoms with Crippen LogP contribution in [0.25, 0.3) is 0 Å². The zero-order chi connectivity index (χ0) is 15.4. The molecular formula is C15H22ClN3O3. The predicted molar refractivity (Wildman–Crippen MR) is 88.6 cm³/mol. The molecule has 2 amide bonds. The summed E-state index contributed by atoms with van der Waals surface area (Å²) >= 11 is 0. The van der Waals surface area contributed by atoms with Crippen LogP contribution in [-0.2, 0) is 14.3 Å². The number of hydrogen-bond acceptors (Lipinski definition) is 4. The molecule has 22 heavy (non-hydrogen) atoms. The molecule has 0 bridgehead atoms. The van der Waals surface area contributed by atoms with E-state index in [0.717, 1.165) is 5.69 Å². The molecule has 1 aromatic carbocycles. The van der Waals surface area contributed by atoms with Crippen molar-refractivity contribution < 1.29 is 14.3 Å².